The van der Waals surface area contributed by atoms with Crippen LogP contribution < -0.4 is 0 Å². The molecule has 9 heteroatoms. The number of hydrogen-bond donors (Lipinski definition) is 0. The first-order valence-electron chi connectivity index (χ1n) is 12.4. The Hall–Kier alpha value is -1.02. The van der Waals surface area contributed by atoms with Crippen LogP contribution in [0.15, 0.2) is 0 Å². The van der Waals surface area contributed by atoms with Crippen LogP contribution in [0, 0.1) is 0 Å². The smallest absolute Gasteiger partial charge is 0.343 e. The lowest BCUT2D eigenvalue weighted by atomic mass is 10.0. The Bertz CT molecular complexity index is 468. The van der Waals surface area contributed by atoms with Crippen LogP contribution in [0.25, 0.3) is 0 Å². The lowest BCUT2D eigenvalue weighted by Crippen LogP contribution is -2.44. The molecule has 0 spiro atoms. The average molecular weight is 495 g/mol. The molecule has 0 N–H and O–H groups in total. The fourth-order valence-corrected chi connectivity index (χ4v) is 3.51. The Morgan fingerprint density at radius 2 is 0.909 bits per heavy atom. The van der Waals surface area contributed by atoms with Crippen molar-refractivity contribution in [2.45, 2.75) is 141 Å². The molecule has 0 aliphatic rings. The van der Waals surface area contributed by atoms with Crippen molar-refractivity contribution in [2.75, 3.05) is 6.61 Å². The van der Waals surface area contributed by atoms with Crippen LogP contribution in [0.2, 0.25) is 0 Å². The Morgan fingerprint density at radius 1 is 0.545 bits per heavy atom. The molecule has 198 valence electrons. The van der Waals surface area contributed by atoms with Gasteiger partial charge in [0, 0.05) is 0 Å². The van der Waals surface area contributed by atoms with Crippen molar-refractivity contribution in [2.24, 2.45) is 0 Å². The summed E-state index contributed by atoms with van der Waals surface area (Å²) in [4.78, 5) is 11.4. The fourth-order valence-electron chi connectivity index (χ4n) is 3.51. The van der Waals surface area contributed by atoms with Gasteiger partial charge < -0.3 is 4.74 Å². The highest BCUT2D eigenvalue weighted by molar-refractivity contribution is 5.75. The Morgan fingerprint density at radius 3 is 1.30 bits per heavy atom. The minimum Gasteiger partial charge on any atom is -0.463 e. The third-order valence-corrected chi connectivity index (χ3v) is 5.65. The molecule has 0 radical (unpaired) electrons. The fraction of sp³-hybridized carbons (Fsp3) is 0.958. The highest BCUT2D eigenvalue weighted by Gasteiger charge is 2.46. The summed E-state index contributed by atoms with van der Waals surface area (Å²) in [5, 5.41) is 0. The lowest BCUT2D eigenvalue weighted by Gasteiger charge is -2.21. The predicted octanol–water partition coefficient (Wildman–Crippen LogP) is 8.36. The van der Waals surface area contributed by atoms with Crippen molar-refractivity contribution >= 4 is 5.97 Å². The summed E-state index contributed by atoms with van der Waals surface area (Å²) in [7, 11) is 0. The normalized spacial score (nSPS) is 16.4. The minimum atomic E-state index is -3.89. The Balaban J connectivity index is 3.68. The van der Waals surface area contributed by atoms with E-state index in [1.165, 1.54) is 57.8 Å². The first-order valence-corrected chi connectivity index (χ1v) is 12.4. The first-order chi connectivity index (χ1) is 15.7. The van der Waals surface area contributed by atoms with Crippen LogP contribution in [0.1, 0.15) is 103 Å². The molecule has 0 rings (SSSR count). The summed E-state index contributed by atoms with van der Waals surface area (Å²) >= 11 is 0. The van der Waals surface area contributed by atoms with Crippen LogP contribution in [0.4, 0.5) is 30.7 Å². The third kappa shape index (κ3) is 15.5. The molecule has 0 aliphatic carbocycles. The molecule has 0 heterocycles. The second-order valence-electron chi connectivity index (χ2n) is 8.63. The van der Waals surface area contributed by atoms with Crippen LogP contribution >= 0.6 is 0 Å². The first kappa shape index (κ1) is 32.0. The minimum absolute atomic E-state index is 0.219. The molecule has 0 fully saturated rings. The highest BCUT2D eigenvalue weighted by Crippen LogP contribution is 2.25. The van der Waals surface area contributed by atoms with E-state index >= 15 is 0 Å². The van der Waals surface area contributed by atoms with E-state index < -0.39 is 43.3 Å². The summed E-state index contributed by atoms with van der Waals surface area (Å²) in [5.74, 6) is -1.75. The molecule has 0 aromatic rings. The molecule has 33 heavy (non-hydrogen) atoms. The van der Waals surface area contributed by atoms with Crippen LogP contribution in [-0.2, 0) is 9.53 Å². The summed E-state index contributed by atoms with van der Waals surface area (Å²) in [6.07, 6.45) is -4.36. The van der Waals surface area contributed by atoms with Gasteiger partial charge in [0.15, 0.2) is 24.7 Å². The zero-order valence-corrected chi connectivity index (χ0v) is 19.7. The Labute approximate surface area is 194 Å². The van der Waals surface area contributed by atoms with Crippen molar-refractivity contribution in [3.8, 4) is 0 Å². The van der Waals surface area contributed by atoms with E-state index in [-0.39, 0.29) is 6.61 Å². The molecule has 0 aromatic carbocycles. The number of halogens is 7. The van der Waals surface area contributed by atoms with Gasteiger partial charge in [-0.15, -0.1) is 0 Å². The number of esters is 1. The lowest BCUT2D eigenvalue weighted by molar-refractivity contribution is -0.155. The number of carbonyl (C=O) groups excluding carboxylic acids is 1. The molecule has 0 aromatic heterocycles. The predicted molar refractivity (Wildman–Crippen MR) is 116 cm³/mol. The largest absolute Gasteiger partial charge is 0.463 e. The summed E-state index contributed by atoms with van der Waals surface area (Å²) in [6.45, 7) is 1.99. The number of hydrogen-bond acceptors (Lipinski definition) is 2. The summed E-state index contributed by atoms with van der Waals surface area (Å²) in [5.41, 5.74) is 0. The average Bonchev–Trinajstić information content (AvgIpc) is 2.80. The Kier molecular flexibility index (Phi) is 19.7. The molecule has 0 saturated heterocycles. The van der Waals surface area contributed by atoms with Gasteiger partial charge in [-0.3, -0.25) is 0 Å². The number of rotatable bonds is 22. The maximum Gasteiger partial charge on any atom is 0.343 e. The van der Waals surface area contributed by atoms with Crippen molar-refractivity contribution in [3.05, 3.63) is 0 Å². The molecular formula is C24H41F7O2. The van der Waals surface area contributed by atoms with E-state index in [0.717, 1.165) is 25.7 Å². The molecule has 0 bridgehead atoms. The van der Waals surface area contributed by atoms with Crippen LogP contribution in [0.5, 0.6) is 0 Å². The van der Waals surface area contributed by atoms with E-state index in [1.807, 2.05) is 0 Å². The van der Waals surface area contributed by atoms with E-state index in [4.69, 9.17) is 0 Å². The number of unbranched alkanes of at least 4 members (excludes halogenated alkanes) is 14. The van der Waals surface area contributed by atoms with Crippen molar-refractivity contribution in [3.63, 3.8) is 0 Å². The SMILES string of the molecule is CCCCCCCCCCCCCCCCCOC(=O)C(F)C(F)C(F)C(F)C(F)C(F)F. The van der Waals surface area contributed by atoms with Crippen LogP contribution in [0.3, 0.4) is 0 Å². The standard InChI is InChI=1S/C24H41F7O2/c1-2-3-4-5-6-7-8-9-10-11-12-13-14-15-16-17-33-24(32)22(29)20(27)18(25)19(26)21(28)23(30)31/h18-23H,2-17H2,1H3. The van der Waals surface area contributed by atoms with Crippen molar-refractivity contribution < 1.29 is 40.3 Å². The molecule has 0 saturated carbocycles. The second kappa shape index (κ2) is 20.4. The monoisotopic (exact) mass is 494 g/mol. The second-order valence-corrected chi connectivity index (χ2v) is 8.63. The third-order valence-electron chi connectivity index (χ3n) is 5.65. The van der Waals surface area contributed by atoms with Gasteiger partial charge in [0.05, 0.1) is 6.61 Å². The van der Waals surface area contributed by atoms with Gasteiger partial charge in [-0.25, -0.2) is 35.5 Å². The summed E-state index contributed by atoms with van der Waals surface area (Å²) in [6, 6.07) is 0. The van der Waals surface area contributed by atoms with E-state index in [2.05, 4.69) is 11.7 Å². The van der Waals surface area contributed by atoms with Gasteiger partial charge in [0.25, 0.3) is 6.43 Å². The summed E-state index contributed by atoms with van der Waals surface area (Å²) < 4.78 is 94.9. The van der Waals surface area contributed by atoms with E-state index in [1.54, 1.807) is 0 Å². The van der Waals surface area contributed by atoms with Crippen molar-refractivity contribution in [1.82, 2.24) is 0 Å². The van der Waals surface area contributed by atoms with E-state index in [0.29, 0.717) is 12.8 Å². The molecule has 5 unspecified atom stereocenters. The molecule has 0 aliphatic heterocycles. The number of carbonyl (C=O) groups is 1. The molecule has 0 amide bonds. The number of ether oxygens (including phenoxy) is 1. The van der Waals surface area contributed by atoms with Gasteiger partial charge in [0.2, 0.25) is 6.17 Å². The molecular weight excluding hydrogens is 453 g/mol. The van der Waals surface area contributed by atoms with Gasteiger partial charge in [-0.1, -0.05) is 96.8 Å². The topological polar surface area (TPSA) is 26.3 Å². The zero-order chi connectivity index (χ0) is 25.1. The van der Waals surface area contributed by atoms with Gasteiger partial charge in [0.1, 0.15) is 0 Å². The quantitative estimate of drug-likeness (QED) is 0.0859. The maximum atomic E-state index is 13.6. The van der Waals surface area contributed by atoms with Crippen molar-refractivity contribution in [1.29, 1.82) is 0 Å². The highest BCUT2D eigenvalue weighted by atomic mass is 19.3. The molecule has 5 atom stereocenters. The number of alkyl halides is 7. The maximum absolute atomic E-state index is 13.6. The van der Waals surface area contributed by atoms with Gasteiger partial charge in [-0.05, 0) is 6.42 Å². The van der Waals surface area contributed by atoms with Gasteiger partial charge in [-0.2, -0.15) is 0 Å². The molecule has 2 nitrogen and oxygen atoms in total. The van der Waals surface area contributed by atoms with Gasteiger partial charge >= 0.3 is 5.97 Å². The van der Waals surface area contributed by atoms with Crippen LogP contribution in [-0.4, -0.2) is 49.9 Å². The zero-order valence-electron chi connectivity index (χ0n) is 19.7. The van der Waals surface area contributed by atoms with E-state index in [9.17, 15) is 35.5 Å².